The molecule has 1 heterocycles. The molecule has 3 N–H and O–H groups in total. The highest BCUT2D eigenvalue weighted by Gasteiger charge is 2.21. The lowest BCUT2D eigenvalue weighted by atomic mass is 10.1. The first-order valence-electron chi connectivity index (χ1n) is 8.43. The zero-order valence-electron chi connectivity index (χ0n) is 14.7. The average molecular weight is 431 g/mol. The standard InChI is InChI=1S/C20H19BrN2O4/c1-12-16(11-19(26)22-8-9-24)17-10-15(25)6-7-18(17)23(12)20(27)13-2-4-14(21)5-3-13/h2-7,10,24-25H,8-9,11H2,1H3,(H,22,26). The Morgan fingerprint density at radius 3 is 2.52 bits per heavy atom. The van der Waals surface area contributed by atoms with E-state index in [1.165, 1.54) is 6.07 Å². The third kappa shape index (κ3) is 3.89. The smallest absolute Gasteiger partial charge is 0.262 e. The van der Waals surface area contributed by atoms with Crippen molar-refractivity contribution in [1.29, 1.82) is 0 Å². The van der Waals surface area contributed by atoms with Crippen LogP contribution in [0, 0.1) is 6.92 Å². The van der Waals surface area contributed by atoms with Crippen molar-refractivity contribution in [2.24, 2.45) is 0 Å². The predicted molar refractivity (Wildman–Crippen MR) is 106 cm³/mol. The molecule has 1 amide bonds. The SMILES string of the molecule is Cc1c(CC(=O)NCCO)c2cc(O)ccc2n1C(=O)c1ccc(Br)cc1. The van der Waals surface area contributed by atoms with Crippen molar-refractivity contribution < 1.29 is 19.8 Å². The van der Waals surface area contributed by atoms with Gasteiger partial charge < -0.3 is 15.5 Å². The zero-order valence-corrected chi connectivity index (χ0v) is 16.3. The molecule has 1 aromatic heterocycles. The number of aliphatic hydroxyl groups excluding tert-OH is 1. The topological polar surface area (TPSA) is 91.6 Å². The number of hydrogen-bond donors (Lipinski definition) is 3. The molecule has 140 valence electrons. The van der Waals surface area contributed by atoms with Crippen molar-refractivity contribution in [3.63, 3.8) is 0 Å². The van der Waals surface area contributed by atoms with Crippen LogP contribution < -0.4 is 5.32 Å². The molecule has 0 spiro atoms. The first-order chi connectivity index (χ1) is 12.9. The summed E-state index contributed by atoms with van der Waals surface area (Å²) in [6.07, 6.45) is 0.0480. The van der Waals surface area contributed by atoms with E-state index in [2.05, 4.69) is 21.2 Å². The van der Waals surface area contributed by atoms with Crippen LogP contribution in [0.2, 0.25) is 0 Å². The number of aliphatic hydroxyl groups is 1. The Balaban J connectivity index is 2.10. The van der Waals surface area contributed by atoms with Gasteiger partial charge in [-0.15, -0.1) is 0 Å². The third-order valence-electron chi connectivity index (χ3n) is 4.38. The van der Waals surface area contributed by atoms with Crippen LogP contribution in [-0.2, 0) is 11.2 Å². The molecule has 0 bridgehead atoms. The highest BCUT2D eigenvalue weighted by molar-refractivity contribution is 9.10. The number of carbonyl (C=O) groups is 2. The predicted octanol–water partition coefficient (Wildman–Crippen LogP) is 2.76. The van der Waals surface area contributed by atoms with Crippen LogP contribution >= 0.6 is 15.9 Å². The minimum absolute atomic E-state index is 0.0480. The zero-order chi connectivity index (χ0) is 19.6. The van der Waals surface area contributed by atoms with E-state index in [0.717, 1.165) is 4.47 Å². The molecule has 0 saturated heterocycles. The molecule has 27 heavy (non-hydrogen) atoms. The monoisotopic (exact) mass is 430 g/mol. The van der Waals surface area contributed by atoms with E-state index in [0.29, 0.717) is 27.7 Å². The van der Waals surface area contributed by atoms with Crippen LogP contribution in [-0.4, -0.2) is 39.7 Å². The normalized spacial score (nSPS) is 10.9. The number of benzene rings is 2. The molecular formula is C20H19BrN2O4. The molecule has 0 aliphatic rings. The average Bonchev–Trinajstić information content (AvgIpc) is 2.91. The lowest BCUT2D eigenvalue weighted by molar-refractivity contribution is -0.120. The van der Waals surface area contributed by atoms with Gasteiger partial charge in [0.15, 0.2) is 0 Å². The lowest BCUT2D eigenvalue weighted by Crippen LogP contribution is -2.28. The minimum atomic E-state index is -0.259. The van der Waals surface area contributed by atoms with Crippen LogP contribution in [0.1, 0.15) is 21.6 Å². The van der Waals surface area contributed by atoms with E-state index in [-0.39, 0.29) is 37.1 Å². The summed E-state index contributed by atoms with van der Waals surface area (Å²) < 4.78 is 2.44. The number of aromatic hydroxyl groups is 1. The van der Waals surface area contributed by atoms with Gasteiger partial charge in [0.1, 0.15) is 5.75 Å². The number of nitrogens with zero attached hydrogens (tertiary/aromatic N) is 1. The molecule has 0 radical (unpaired) electrons. The van der Waals surface area contributed by atoms with E-state index in [1.54, 1.807) is 47.9 Å². The van der Waals surface area contributed by atoms with Crippen molar-refractivity contribution >= 4 is 38.6 Å². The summed E-state index contributed by atoms with van der Waals surface area (Å²) in [4.78, 5) is 25.3. The fourth-order valence-electron chi connectivity index (χ4n) is 3.10. The number of aromatic nitrogens is 1. The van der Waals surface area contributed by atoms with Gasteiger partial charge >= 0.3 is 0 Å². The van der Waals surface area contributed by atoms with E-state index in [1.807, 2.05) is 0 Å². The second kappa shape index (κ2) is 7.94. The Hall–Kier alpha value is -2.64. The van der Waals surface area contributed by atoms with E-state index in [9.17, 15) is 14.7 Å². The number of rotatable bonds is 5. The Kier molecular flexibility index (Phi) is 5.62. The Labute approximate surface area is 164 Å². The summed E-state index contributed by atoms with van der Waals surface area (Å²) in [5.74, 6) is -0.406. The van der Waals surface area contributed by atoms with E-state index < -0.39 is 0 Å². The maximum atomic E-state index is 13.1. The molecule has 0 aliphatic carbocycles. The molecule has 0 fully saturated rings. The summed E-state index contributed by atoms with van der Waals surface area (Å²) >= 11 is 3.36. The van der Waals surface area contributed by atoms with Crippen molar-refractivity contribution in [3.8, 4) is 5.75 Å². The van der Waals surface area contributed by atoms with Crippen LogP contribution in [0.3, 0.4) is 0 Å². The second-order valence-corrected chi connectivity index (χ2v) is 7.08. The van der Waals surface area contributed by atoms with Gasteiger partial charge in [0, 0.05) is 27.7 Å². The number of phenols is 1. The van der Waals surface area contributed by atoms with Gasteiger partial charge in [-0.1, -0.05) is 15.9 Å². The first-order valence-corrected chi connectivity index (χ1v) is 9.22. The Morgan fingerprint density at radius 2 is 1.85 bits per heavy atom. The number of nitrogens with one attached hydrogen (secondary N) is 1. The number of halogens is 1. The molecule has 3 aromatic rings. The van der Waals surface area contributed by atoms with Crippen molar-refractivity contribution in [3.05, 3.63) is 63.8 Å². The quantitative estimate of drug-likeness (QED) is 0.580. The van der Waals surface area contributed by atoms with Gasteiger partial charge in [0.05, 0.1) is 18.5 Å². The molecule has 0 saturated carbocycles. The molecule has 2 aromatic carbocycles. The van der Waals surface area contributed by atoms with E-state index >= 15 is 0 Å². The summed E-state index contributed by atoms with van der Waals surface area (Å²) in [5.41, 5.74) is 2.45. The van der Waals surface area contributed by atoms with Gasteiger partial charge in [0.2, 0.25) is 5.91 Å². The fourth-order valence-corrected chi connectivity index (χ4v) is 3.36. The largest absolute Gasteiger partial charge is 0.508 e. The maximum Gasteiger partial charge on any atom is 0.262 e. The molecule has 7 heteroatoms. The number of amides is 1. The molecule has 6 nitrogen and oxygen atoms in total. The summed E-state index contributed by atoms with van der Waals surface area (Å²) in [5, 5.41) is 22.0. The molecular weight excluding hydrogens is 412 g/mol. The molecule has 0 atom stereocenters. The number of hydrogen-bond acceptors (Lipinski definition) is 4. The van der Waals surface area contributed by atoms with Gasteiger partial charge in [-0.05, 0) is 55.0 Å². The summed E-state index contributed by atoms with van der Waals surface area (Å²) in [6.45, 7) is 1.80. The first kappa shape index (κ1) is 19.1. The highest BCUT2D eigenvalue weighted by atomic mass is 79.9. The lowest BCUT2D eigenvalue weighted by Gasteiger charge is -2.08. The Morgan fingerprint density at radius 1 is 1.15 bits per heavy atom. The van der Waals surface area contributed by atoms with Crippen LogP contribution in [0.4, 0.5) is 0 Å². The molecule has 0 aliphatic heterocycles. The number of fused-ring (bicyclic) bond motifs is 1. The van der Waals surface area contributed by atoms with E-state index in [4.69, 9.17) is 5.11 Å². The third-order valence-corrected chi connectivity index (χ3v) is 4.91. The maximum absolute atomic E-state index is 13.1. The van der Waals surface area contributed by atoms with Crippen LogP contribution in [0.5, 0.6) is 5.75 Å². The second-order valence-electron chi connectivity index (χ2n) is 6.16. The minimum Gasteiger partial charge on any atom is -0.508 e. The van der Waals surface area contributed by atoms with Crippen LogP contribution in [0.15, 0.2) is 46.9 Å². The molecule has 0 unspecified atom stereocenters. The number of phenolic OH excluding ortho intramolecular Hbond substituents is 1. The number of carbonyl (C=O) groups excluding carboxylic acids is 2. The van der Waals surface area contributed by atoms with Crippen molar-refractivity contribution in [1.82, 2.24) is 9.88 Å². The highest BCUT2D eigenvalue weighted by Crippen LogP contribution is 2.30. The fraction of sp³-hybridized carbons (Fsp3) is 0.200. The van der Waals surface area contributed by atoms with Gasteiger partial charge in [-0.2, -0.15) is 0 Å². The van der Waals surface area contributed by atoms with Gasteiger partial charge in [-0.3, -0.25) is 14.2 Å². The van der Waals surface area contributed by atoms with Gasteiger partial charge in [-0.25, -0.2) is 0 Å². The molecule has 3 rings (SSSR count). The summed E-state index contributed by atoms with van der Waals surface area (Å²) in [6, 6.07) is 11.8. The Bertz CT molecular complexity index is 1010. The van der Waals surface area contributed by atoms with Crippen molar-refractivity contribution in [2.45, 2.75) is 13.3 Å². The van der Waals surface area contributed by atoms with Gasteiger partial charge in [0.25, 0.3) is 5.91 Å². The summed E-state index contributed by atoms with van der Waals surface area (Å²) in [7, 11) is 0. The van der Waals surface area contributed by atoms with Crippen molar-refractivity contribution in [2.75, 3.05) is 13.2 Å². The van der Waals surface area contributed by atoms with Crippen LogP contribution in [0.25, 0.3) is 10.9 Å².